The summed E-state index contributed by atoms with van der Waals surface area (Å²) >= 11 is 33.0. The van der Waals surface area contributed by atoms with E-state index < -0.39 is 33.8 Å². The second-order valence-corrected chi connectivity index (χ2v) is 11.5. The molecule has 3 aromatic rings. The maximum absolute atomic E-state index is 13.8. The lowest BCUT2D eigenvalue weighted by Crippen LogP contribution is -2.18. The molecule has 0 bridgehead atoms. The van der Waals surface area contributed by atoms with Crippen LogP contribution in [-0.2, 0) is 4.79 Å². The maximum atomic E-state index is 13.8. The van der Waals surface area contributed by atoms with Crippen LogP contribution in [0.4, 0.5) is 15.8 Å². The van der Waals surface area contributed by atoms with Gasteiger partial charge in [-0.15, -0.1) is 23.2 Å². The second-order valence-electron chi connectivity index (χ2n) is 7.60. The first-order valence-corrected chi connectivity index (χ1v) is 12.6. The maximum Gasteiger partial charge on any atom is 0.257 e. The smallest absolute Gasteiger partial charge is 0.257 e. The van der Waals surface area contributed by atoms with E-state index in [0.717, 1.165) is 0 Å². The lowest BCUT2D eigenvalue weighted by Gasteiger charge is -2.11. The van der Waals surface area contributed by atoms with Crippen LogP contribution in [0.5, 0.6) is 0 Å². The van der Waals surface area contributed by atoms with Gasteiger partial charge in [0.1, 0.15) is 10.2 Å². The molecule has 1 fully saturated rings. The highest BCUT2D eigenvalue weighted by atomic mass is 127. The number of carbonyl (C=O) groups excluding carboxylic acids is 2. The van der Waals surface area contributed by atoms with Crippen LogP contribution in [0.1, 0.15) is 21.8 Å². The van der Waals surface area contributed by atoms with Crippen LogP contribution in [-0.4, -0.2) is 16.1 Å². The van der Waals surface area contributed by atoms with Crippen molar-refractivity contribution in [3.8, 4) is 0 Å². The molecule has 0 saturated heterocycles. The van der Waals surface area contributed by atoms with Gasteiger partial charge in [0.2, 0.25) is 5.91 Å². The summed E-state index contributed by atoms with van der Waals surface area (Å²) in [6.07, 6.45) is 0. The highest BCUT2D eigenvalue weighted by molar-refractivity contribution is 14.1. The Morgan fingerprint density at radius 2 is 1.50 bits per heavy atom. The molecule has 2 unspecified atom stereocenters. The number of hydrogen-bond donors (Lipinski definition) is 2. The molecule has 11 heteroatoms. The fourth-order valence-corrected chi connectivity index (χ4v) is 5.50. The van der Waals surface area contributed by atoms with Crippen molar-refractivity contribution in [2.24, 2.45) is 5.92 Å². The molecule has 2 atom stereocenters. The van der Waals surface area contributed by atoms with Crippen LogP contribution in [0.2, 0.25) is 15.1 Å². The number of alkyl halides is 2. The van der Waals surface area contributed by atoms with Crippen molar-refractivity contribution < 1.29 is 14.0 Å². The van der Waals surface area contributed by atoms with E-state index in [4.69, 9.17) is 58.0 Å². The Morgan fingerprint density at radius 3 is 2.15 bits per heavy atom. The zero-order valence-electron chi connectivity index (χ0n) is 16.8. The number of benzene rings is 3. The molecule has 4 rings (SSSR count). The third kappa shape index (κ3) is 5.42. The predicted octanol–water partition coefficient (Wildman–Crippen LogP) is 8.17. The van der Waals surface area contributed by atoms with Gasteiger partial charge in [0.25, 0.3) is 5.91 Å². The molecule has 0 radical (unpaired) electrons. The number of hydrogen-bond acceptors (Lipinski definition) is 2. The molecule has 2 amide bonds. The quantitative estimate of drug-likeness (QED) is 0.212. The Kier molecular flexibility index (Phi) is 7.58. The molecule has 1 saturated carbocycles. The molecular formula is C23H13Cl5FIN2O2. The van der Waals surface area contributed by atoms with Crippen molar-refractivity contribution in [2.45, 2.75) is 10.3 Å². The van der Waals surface area contributed by atoms with Gasteiger partial charge in [0, 0.05) is 30.9 Å². The molecule has 0 heterocycles. The minimum atomic E-state index is -1.35. The third-order valence-corrected chi connectivity index (χ3v) is 7.82. The largest absolute Gasteiger partial charge is 0.326 e. The molecule has 0 aromatic heterocycles. The Balaban J connectivity index is 1.51. The number of halogens is 7. The minimum Gasteiger partial charge on any atom is -0.326 e. The minimum absolute atomic E-state index is 0.0930. The van der Waals surface area contributed by atoms with Gasteiger partial charge in [-0.1, -0.05) is 34.8 Å². The number of amides is 2. The number of carbonyl (C=O) groups is 2. The number of nitrogens with one attached hydrogen (secondary N) is 2. The number of anilines is 2. The highest BCUT2D eigenvalue weighted by Crippen LogP contribution is 2.65. The van der Waals surface area contributed by atoms with E-state index in [9.17, 15) is 14.0 Å². The van der Waals surface area contributed by atoms with Gasteiger partial charge in [-0.2, -0.15) is 0 Å². The summed E-state index contributed by atoms with van der Waals surface area (Å²) in [6.45, 7) is 0. The summed E-state index contributed by atoms with van der Waals surface area (Å²) < 4.78 is 12.9. The fourth-order valence-electron chi connectivity index (χ4n) is 3.59. The van der Waals surface area contributed by atoms with Crippen molar-refractivity contribution >= 4 is 104 Å². The van der Waals surface area contributed by atoms with Gasteiger partial charge in [0.15, 0.2) is 0 Å². The average molecular weight is 673 g/mol. The first kappa shape index (κ1) is 25.8. The van der Waals surface area contributed by atoms with Crippen LogP contribution in [0, 0.1) is 15.3 Å². The summed E-state index contributed by atoms with van der Waals surface area (Å²) in [5.74, 6) is -2.76. The molecule has 1 aliphatic carbocycles. The Bertz CT molecular complexity index is 1300. The first-order chi connectivity index (χ1) is 16.0. The van der Waals surface area contributed by atoms with Crippen molar-refractivity contribution in [1.82, 2.24) is 0 Å². The van der Waals surface area contributed by atoms with Crippen molar-refractivity contribution in [1.29, 1.82) is 0 Å². The molecule has 176 valence electrons. The van der Waals surface area contributed by atoms with Crippen LogP contribution < -0.4 is 10.6 Å². The van der Waals surface area contributed by atoms with E-state index >= 15 is 0 Å². The highest BCUT2D eigenvalue weighted by Gasteiger charge is 2.67. The van der Waals surface area contributed by atoms with Gasteiger partial charge in [0.05, 0.1) is 16.5 Å². The lowest BCUT2D eigenvalue weighted by atomic mass is 10.1. The molecular weight excluding hydrogens is 659 g/mol. The zero-order chi connectivity index (χ0) is 24.8. The van der Waals surface area contributed by atoms with Crippen LogP contribution in [0.25, 0.3) is 0 Å². The first-order valence-electron chi connectivity index (χ1n) is 9.68. The van der Waals surface area contributed by atoms with E-state index in [1.54, 1.807) is 30.3 Å². The average Bonchev–Trinajstić information content (AvgIpc) is 3.33. The van der Waals surface area contributed by atoms with Crippen LogP contribution in [0.3, 0.4) is 0 Å². The van der Waals surface area contributed by atoms with E-state index in [0.29, 0.717) is 24.9 Å². The molecule has 3 aromatic carbocycles. The molecule has 4 nitrogen and oxygen atoms in total. The van der Waals surface area contributed by atoms with Gasteiger partial charge in [-0.3, -0.25) is 9.59 Å². The Morgan fingerprint density at radius 1 is 0.882 bits per heavy atom. The van der Waals surface area contributed by atoms with Crippen LogP contribution >= 0.6 is 80.6 Å². The monoisotopic (exact) mass is 670 g/mol. The third-order valence-electron chi connectivity index (χ3n) is 5.24. The van der Waals surface area contributed by atoms with Gasteiger partial charge < -0.3 is 10.6 Å². The standard InChI is InChI=1S/C23H13Cl5FIN2O2/c24-11-5-10(6-12(25)7-11)19-20(23(19,27)28)22(34)32-13-1-3-16(26)15(8-13)21(33)31-14-2-4-18(30)17(29)9-14/h1-9,19-20H,(H,31,33)(H,32,34). The molecule has 0 spiro atoms. The fraction of sp³-hybridized carbons (Fsp3) is 0.130. The molecule has 1 aliphatic rings. The van der Waals surface area contributed by atoms with E-state index in [1.165, 1.54) is 24.3 Å². The second kappa shape index (κ2) is 9.99. The summed E-state index contributed by atoms with van der Waals surface area (Å²) in [5, 5.41) is 6.27. The summed E-state index contributed by atoms with van der Waals surface area (Å²) in [6, 6.07) is 13.6. The normalized spacial score (nSPS) is 18.3. The van der Waals surface area contributed by atoms with Crippen molar-refractivity contribution in [3.05, 3.63) is 90.2 Å². The summed E-state index contributed by atoms with van der Waals surface area (Å²) in [7, 11) is 0. The zero-order valence-corrected chi connectivity index (χ0v) is 22.8. The van der Waals surface area contributed by atoms with E-state index in [1.807, 2.05) is 22.6 Å². The van der Waals surface area contributed by atoms with E-state index in [2.05, 4.69) is 10.6 Å². The molecule has 0 aliphatic heterocycles. The van der Waals surface area contributed by atoms with Crippen LogP contribution in [0.15, 0.2) is 54.6 Å². The van der Waals surface area contributed by atoms with E-state index in [-0.39, 0.29) is 16.3 Å². The number of rotatable bonds is 5. The molecule has 2 N–H and O–H groups in total. The Labute approximate surface area is 233 Å². The summed E-state index contributed by atoms with van der Waals surface area (Å²) in [5.41, 5.74) is 1.31. The Hall–Kier alpha value is -1.29. The van der Waals surface area contributed by atoms with Gasteiger partial charge in [-0.05, 0) is 82.8 Å². The topological polar surface area (TPSA) is 58.2 Å². The molecule has 34 heavy (non-hydrogen) atoms. The van der Waals surface area contributed by atoms with Crippen molar-refractivity contribution in [2.75, 3.05) is 10.6 Å². The van der Waals surface area contributed by atoms with Gasteiger partial charge in [-0.25, -0.2) is 4.39 Å². The summed E-state index contributed by atoms with van der Waals surface area (Å²) in [4.78, 5) is 25.7. The predicted molar refractivity (Wildman–Crippen MR) is 144 cm³/mol. The lowest BCUT2D eigenvalue weighted by molar-refractivity contribution is -0.117. The van der Waals surface area contributed by atoms with Gasteiger partial charge >= 0.3 is 0 Å². The van der Waals surface area contributed by atoms with Crippen molar-refractivity contribution in [3.63, 3.8) is 0 Å². The SMILES string of the molecule is O=C(Nc1ccc(I)c(F)c1)c1cc(NC(=O)C2C(c3cc(Cl)cc(Cl)c3)C2(Cl)Cl)ccc1Cl.